The van der Waals surface area contributed by atoms with Gasteiger partial charge in [0.1, 0.15) is 11.5 Å². The van der Waals surface area contributed by atoms with Gasteiger partial charge in [-0.15, -0.1) is 0 Å². The number of benzene rings is 1. The van der Waals surface area contributed by atoms with Crippen LogP contribution in [-0.4, -0.2) is 39.3 Å². The van der Waals surface area contributed by atoms with E-state index in [4.69, 9.17) is 18.9 Å². The van der Waals surface area contributed by atoms with Crippen molar-refractivity contribution in [1.29, 1.82) is 0 Å². The van der Waals surface area contributed by atoms with Crippen LogP contribution in [0.25, 0.3) is 0 Å². The fourth-order valence-corrected chi connectivity index (χ4v) is 3.34. The molecule has 0 bridgehead atoms. The largest absolute Gasteiger partial charge is 0.497 e. The van der Waals surface area contributed by atoms with Crippen molar-refractivity contribution in [2.75, 3.05) is 32.8 Å². The highest BCUT2D eigenvalue weighted by molar-refractivity contribution is 5.54. The van der Waals surface area contributed by atoms with E-state index in [1.165, 1.54) is 0 Å². The van der Waals surface area contributed by atoms with Crippen molar-refractivity contribution in [2.24, 2.45) is 0 Å². The zero-order chi connectivity index (χ0) is 15.4. The van der Waals surface area contributed by atoms with Gasteiger partial charge in [0.25, 0.3) is 0 Å². The Kier molecular flexibility index (Phi) is 4.74. The van der Waals surface area contributed by atoms with Gasteiger partial charge < -0.3 is 24.3 Å². The number of hydrogen-bond acceptors (Lipinski definition) is 5. The Bertz CT molecular complexity index is 477. The fraction of sp³-hybridized carbons (Fsp3) is 0.647. The van der Waals surface area contributed by atoms with Crippen LogP contribution < -0.4 is 14.8 Å². The van der Waals surface area contributed by atoms with E-state index in [9.17, 15) is 0 Å². The summed E-state index contributed by atoms with van der Waals surface area (Å²) in [6, 6.07) is 6.31. The Morgan fingerprint density at radius 1 is 1.00 bits per heavy atom. The van der Waals surface area contributed by atoms with Gasteiger partial charge in [0.05, 0.1) is 27.4 Å². The fourth-order valence-electron chi connectivity index (χ4n) is 3.34. The average Bonchev–Trinajstić information content (AvgIpc) is 2.91. The molecule has 122 valence electrons. The highest BCUT2D eigenvalue weighted by Crippen LogP contribution is 2.36. The van der Waals surface area contributed by atoms with Crippen molar-refractivity contribution >= 4 is 5.69 Å². The standard InChI is InChI=1S/C17H25NO4/c1-19-15-10-14(11-16(12-15)20-2)18-13-4-3-6-17(7-5-13)21-8-9-22-17/h10-13,18H,3-9H2,1-2H3. The second-order valence-electron chi connectivity index (χ2n) is 5.98. The van der Waals surface area contributed by atoms with Crippen molar-refractivity contribution in [3.63, 3.8) is 0 Å². The highest BCUT2D eigenvalue weighted by Gasteiger charge is 2.38. The first-order valence-corrected chi connectivity index (χ1v) is 8.00. The molecule has 1 N–H and O–H groups in total. The Morgan fingerprint density at radius 3 is 2.32 bits per heavy atom. The molecule has 1 aromatic rings. The summed E-state index contributed by atoms with van der Waals surface area (Å²) in [7, 11) is 3.34. The van der Waals surface area contributed by atoms with Gasteiger partial charge in [-0.3, -0.25) is 0 Å². The molecule has 1 aliphatic heterocycles. The summed E-state index contributed by atoms with van der Waals surface area (Å²) in [5.41, 5.74) is 1.03. The molecule has 1 saturated carbocycles. The maximum atomic E-state index is 5.84. The molecule has 1 heterocycles. The number of hydrogen-bond donors (Lipinski definition) is 1. The van der Waals surface area contributed by atoms with Crippen LogP contribution in [0.2, 0.25) is 0 Å². The van der Waals surface area contributed by atoms with Crippen LogP contribution in [-0.2, 0) is 9.47 Å². The predicted octanol–water partition coefficient (Wildman–Crippen LogP) is 3.19. The topological polar surface area (TPSA) is 49.0 Å². The number of methoxy groups -OCH3 is 2. The van der Waals surface area contributed by atoms with Crippen LogP contribution in [0.4, 0.5) is 5.69 Å². The summed E-state index contributed by atoms with van der Waals surface area (Å²) in [6.07, 6.45) is 5.21. The van der Waals surface area contributed by atoms with Crippen LogP contribution in [0.1, 0.15) is 32.1 Å². The molecule has 1 aromatic carbocycles. The van der Waals surface area contributed by atoms with Crippen LogP contribution in [0.15, 0.2) is 18.2 Å². The van der Waals surface area contributed by atoms with Gasteiger partial charge >= 0.3 is 0 Å². The third-order valence-electron chi connectivity index (χ3n) is 4.52. The first-order valence-electron chi connectivity index (χ1n) is 8.00. The van der Waals surface area contributed by atoms with Gasteiger partial charge in [0.15, 0.2) is 5.79 Å². The summed E-state index contributed by atoms with van der Waals surface area (Å²) in [6.45, 7) is 1.45. The van der Waals surface area contributed by atoms with Crippen LogP contribution in [0.3, 0.4) is 0 Å². The van der Waals surface area contributed by atoms with E-state index in [2.05, 4.69) is 5.32 Å². The number of nitrogens with one attached hydrogen (secondary N) is 1. The second kappa shape index (κ2) is 6.75. The monoisotopic (exact) mass is 307 g/mol. The quantitative estimate of drug-likeness (QED) is 0.925. The summed E-state index contributed by atoms with van der Waals surface area (Å²) in [5.74, 6) is 1.28. The van der Waals surface area contributed by atoms with E-state index in [1.54, 1.807) is 14.2 Å². The molecule has 1 aliphatic carbocycles. The summed E-state index contributed by atoms with van der Waals surface area (Å²) in [5, 5.41) is 3.61. The molecule has 1 spiro atoms. The lowest BCUT2D eigenvalue weighted by molar-refractivity contribution is -0.165. The molecular weight excluding hydrogens is 282 g/mol. The Balaban J connectivity index is 1.65. The third-order valence-corrected chi connectivity index (χ3v) is 4.52. The summed E-state index contributed by atoms with van der Waals surface area (Å²) in [4.78, 5) is 0. The molecule has 0 amide bonds. The van der Waals surface area contributed by atoms with Crippen LogP contribution in [0.5, 0.6) is 11.5 Å². The molecule has 2 aliphatic rings. The van der Waals surface area contributed by atoms with E-state index in [0.29, 0.717) is 6.04 Å². The lowest BCUT2D eigenvalue weighted by Gasteiger charge is -2.25. The van der Waals surface area contributed by atoms with Crippen LogP contribution in [0, 0.1) is 0 Å². The molecule has 22 heavy (non-hydrogen) atoms. The van der Waals surface area contributed by atoms with Gasteiger partial charge in [-0.25, -0.2) is 0 Å². The van der Waals surface area contributed by atoms with E-state index >= 15 is 0 Å². The smallest absolute Gasteiger partial charge is 0.168 e. The minimum absolute atomic E-state index is 0.317. The molecular formula is C17H25NO4. The van der Waals surface area contributed by atoms with E-state index in [-0.39, 0.29) is 5.79 Å². The van der Waals surface area contributed by atoms with Crippen LogP contribution >= 0.6 is 0 Å². The molecule has 5 nitrogen and oxygen atoms in total. The van der Waals surface area contributed by atoms with Gasteiger partial charge in [-0.05, 0) is 19.3 Å². The maximum absolute atomic E-state index is 5.84. The highest BCUT2D eigenvalue weighted by atomic mass is 16.7. The zero-order valence-electron chi connectivity index (χ0n) is 13.4. The average molecular weight is 307 g/mol. The minimum atomic E-state index is -0.317. The first-order chi connectivity index (χ1) is 10.7. The summed E-state index contributed by atoms with van der Waals surface area (Å²) >= 11 is 0. The lowest BCUT2D eigenvalue weighted by Crippen LogP contribution is -2.29. The van der Waals surface area contributed by atoms with E-state index < -0.39 is 0 Å². The van der Waals surface area contributed by atoms with Crippen molar-refractivity contribution < 1.29 is 18.9 Å². The van der Waals surface area contributed by atoms with E-state index in [0.717, 1.165) is 62.5 Å². The Morgan fingerprint density at radius 2 is 1.68 bits per heavy atom. The molecule has 1 atom stereocenters. The summed E-state index contributed by atoms with van der Waals surface area (Å²) < 4.78 is 22.3. The van der Waals surface area contributed by atoms with Crippen molar-refractivity contribution in [3.8, 4) is 11.5 Å². The Hall–Kier alpha value is -1.46. The number of ether oxygens (including phenoxy) is 4. The maximum Gasteiger partial charge on any atom is 0.168 e. The number of rotatable bonds is 4. The van der Waals surface area contributed by atoms with E-state index in [1.807, 2.05) is 18.2 Å². The zero-order valence-corrected chi connectivity index (χ0v) is 13.4. The first kappa shape index (κ1) is 15.4. The van der Waals surface area contributed by atoms with Crippen molar-refractivity contribution in [3.05, 3.63) is 18.2 Å². The normalized spacial score (nSPS) is 24.0. The molecule has 3 rings (SSSR count). The lowest BCUT2D eigenvalue weighted by atomic mass is 10.1. The molecule has 5 heteroatoms. The SMILES string of the molecule is COc1cc(NC2CCCC3(CC2)OCCO3)cc(OC)c1. The van der Waals surface area contributed by atoms with Gasteiger partial charge in [-0.2, -0.15) is 0 Å². The molecule has 1 saturated heterocycles. The Labute approximate surface area is 131 Å². The van der Waals surface area contributed by atoms with Gasteiger partial charge in [-0.1, -0.05) is 0 Å². The van der Waals surface area contributed by atoms with Crippen molar-refractivity contribution in [2.45, 2.75) is 43.9 Å². The third kappa shape index (κ3) is 3.47. The second-order valence-corrected chi connectivity index (χ2v) is 5.98. The molecule has 2 fully saturated rings. The van der Waals surface area contributed by atoms with Crippen molar-refractivity contribution in [1.82, 2.24) is 0 Å². The predicted molar refractivity (Wildman–Crippen MR) is 84.7 cm³/mol. The molecule has 1 unspecified atom stereocenters. The van der Waals surface area contributed by atoms with Gasteiger partial charge in [0.2, 0.25) is 0 Å². The molecule has 0 aromatic heterocycles. The molecule has 0 radical (unpaired) electrons. The van der Waals surface area contributed by atoms with Gasteiger partial charge in [0, 0.05) is 42.8 Å². The minimum Gasteiger partial charge on any atom is -0.497 e. The number of anilines is 1.